The van der Waals surface area contributed by atoms with Gasteiger partial charge in [0, 0.05) is 29.4 Å². The maximum Gasteiger partial charge on any atom is 0.410 e. The van der Waals surface area contributed by atoms with Gasteiger partial charge in [-0.3, -0.25) is 4.79 Å². The van der Waals surface area contributed by atoms with Crippen LogP contribution in [0.4, 0.5) is 10.5 Å². The predicted molar refractivity (Wildman–Crippen MR) is 146 cm³/mol. The Bertz CT molecular complexity index is 1180. The molecular weight excluding hydrogens is 472 g/mol. The number of piperidine rings is 1. The molecule has 3 aromatic carbocycles. The normalized spacial score (nSPS) is 15.9. The third-order valence-corrected chi connectivity index (χ3v) is 6.48. The minimum absolute atomic E-state index is 0.148. The Kier molecular flexibility index (Phi) is 8.00. The Labute approximate surface area is 218 Å². The topological polar surface area (TPSA) is 58.6 Å². The van der Waals surface area contributed by atoms with Crippen LogP contribution in [0.25, 0.3) is 11.1 Å². The van der Waals surface area contributed by atoms with Crippen LogP contribution in [0.15, 0.2) is 72.8 Å². The highest BCUT2D eigenvalue weighted by Crippen LogP contribution is 2.25. The van der Waals surface area contributed by atoms with Crippen molar-refractivity contribution in [3.05, 3.63) is 88.9 Å². The van der Waals surface area contributed by atoms with Crippen molar-refractivity contribution in [2.24, 2.45) is 5.92 Å². The fourth-order valence-corrected chi connectivity index (χ4v) is 4.57. The van der Waals surface area contributed by atoms with Crippen LogP contribution in [-0.4, -0.2) is 35.6 Å². The molecule has 1 unspecified atom stereocenters. The SMILES string of the molecule is CC(C)(C)OC(=O)N1CCCC(Cc2ccc(NC(=O)c3ccc(-c4ccc(Cl)cc4)cc3)cc2)C1. The van der Waals surface area contributed by atoms with E-state index in [4.69, 9.17) is 16.3 Å². The van der Waals surface area contributed by atoms with Crippen LogP contribution in [0.3, 0.4) is 0 Å². The van der Waals surface area contributed by atoms with Gasteiger partial charge in [-0.1, -0.05) is 48.0 Å². The number of amides is 2. The first kappa shape index (κ1) is 25.8. The van der Waals surface area contributed by atoms with E-state index in [0.29, 0.717) is 23.0 Å². The number of ether oxygens (including phenoxy) is 1. The maximum atomic E-state index is 12.7. The average Bonchev–Trinajstić information content (AvgIpc) is 2.85. The number of nitrogens with one attached hydrogen (secondary N) is 1. The van der Waals surface area contributed by atoms with Gasteiger partial charge in [0.25, 0.3) is 5.91 Å². The van der Waals surface area contributed by atoms with E-state index in [1.165, 1.54) is 5.56 Å². The molecule has 188 valence electrons. The van der Waals surface area contributed by atoms with Crippen LogP contribution in [0.1, 0.15) is 49.5 Å². The fraction of sp³-hybridized carbons (Fsp3) is 0.333. The number of likely N-dealkylation sites (tertiary alicyclic amines) is 1. The van der Waals surface area contributed by atoms with Gasteiger partial charge in [0.15, 0.2) is 0 Å². The van der Waals surface area contributed by atoms with Gasteiger partial charge in [0.2, 0.25) is 0 Å². The van der Waals surface area contributed by atoms with Gasteiger partial charge in [-0.15, -0.1) is 0 Å². The summed E-state index contributed by atoms with van der Waals surface area (Å²) in [6.07, 6.45) is 2.73. The molecule has 0 aliphatic carbocycles. The molecule has 0 bridgehead atoms. The summed E-state index contributed by atoms with van der Waals surface area (Å²) in [5.41, 5.74) is 4.14. The van der Waals surface area contributed by atoms with Gasteiger partial charge in [-0.25, -0.2) is 4.79 Å². The number of nitrogens with zero attached hydrogens (tertiary/aromatic N) is 1. The molecular formula is C30H33ClN2O3. The molecule has 0 saturated carbocycles. The molecule has 36 heavy (non-hydrogen) atoms. The highest BCUT2D eigenvalue weighted by Gasteiger charge is 2.27. The van der Waals surface area contributed by atoms with Crippen molar-refractivity contribution in [2.45, 2.75) is 45.6 Å². The molecule has 2 amide bonds. The zero-order chi connectivity index (χ0) is 25.7. The van der Waals surface area contributed by atoms with Gasteiger partial charge in [0.05, 0.1) is 0 Å². The highest BCUT2D eigenvalue weighted by molar-refractivity contribution is 6.30. The van der Waals surface area contributed by atoms with E-state index >= 15 is 0 Å². The van der Waals surface area contributed by atoms with E-state index in [1.54, 1.807) is 0 Å². The molecule has 1 fully saturated rings. The Morgan fingerprint density at radius 2 is 1.56 bits per heavy atom. The number of anilines is 1. The molecule has 0 spiro atoms. The van der Waals surface area contributed by atoms with Gasteiger partial charge >= 0.3 is 6.09 Å². The van der Waals surface area contributed by atoms with Crippen LogP contribution in [0.2, 0.25) is 5.02 Å². The summed E-state index contributed by atoms with van der Waals surface area (Å²) in [7, 11) is 0. The molecule has 0 aromatic heterocycles. The monoisotopic (exact) mass is 504 g/mol. The Hall–Kier alpha value is -3.31. The van der Waals surface area contributed by atoms with Crippen LogP contribution < -0.4 is 5.32 Å². The molecule has 1 aliphatic heterocycles. The summed E-state index contributed by atoms with van der Waals surface area (Å²) >= 11 is 5.97. The lowest BCUT2D eigenvalue weighted by atomic mass is 9.91. The van der Waals surface area contributed by atoms with Crippen molar-refractivity contribution in [1.29, 1.82) is 0 Å². The second-order valence-corrected chi connectivity index (χ2v) is 10.8. The van der Waals surface area contributed by atoms with E-state index in [2.05, 4.69) is 5.32 Å². The standard InChI is InChI=1S/C30H33ClN2O3/c1-30(2,3)36-29(35)33-18-4-5-22(20-33)19-21-6-16-27(17-7-21)32-28(34)25-10-8-23(9-11-25)24-12-14-26(31)15-13-24/h6-17,22H,4-5,18-20H2,1-3H3,(H,32,34). The summed E-state index contributed by atoms with van der Waals surface area (Å²) in [5.74, 6) is 0.247. The predicted octanol–water partition coefficient (Wildman–Crippen LogP) is 7.45. The first-order valence-corrected chi connectivity index (χ1v) is 12.8. The number of hydrogen-bond acceptors (Lipinski definition) is 3. The molecule has 1 N–H and O–H groups in total. The van der Waals surface area contributed by atoms with E-state index < -0.39 is 5.60 Å². The van der Waals surface area contributed by atoms with E-state index in [9.17, 15) is 9.59 Å². The third-order valence-electron chi connectivity index (χ3n) is 6.23. The molecule has 6 heteroatoms. The Balaban J connectivity index is 1.31. The Morgan fingerprint density at radius 3 is 2.17 bits per heavy atom. The van der Waals surface area contributed by atoms with Crippen molar-refractivity contribution in [1.82, 2.24) is 4.90 Å². The molecule has 0 radical (unpaired) electrons. The van der Waals surface area contributed by atoms with Gasteiger partial charge < -0.3 is 15.0 Å². The first-order chi connectivity index (χ1) is 17.2. The smallest absolute Gasteiger partial charge is 0.410 e. The lowest BCUT2D eigenvalue weighted by Crippen LogP contribution is -2.43. The van der Waals surface area contributed by atoms with Crippen molar-refractivity contribution < 1.29 is 14.3 Å². The largest absolute Gasteiger partial charge is 0.444 e. The van der Waals surface area contributed by atoms with Crippen molar-refractivity contribution in [3.63, 3.8) is 0 Å². The van der Waals surface area contributed by atoms with Crippen LogP contribution in [0.5, 0.6) is 0 Å². The summed E-state index contributed by atoms with van der Waals surface area (Å²) in [6, 6.07) is 23.1. The number of halogens is 1. The van der Waals surface area contributed by atoms with Crippen molar-refractivity contribution in [3.8, 4) is 11.1 Å². The molecule has 1 aliphatic rings. The summed E-state index contributed by atoms with van der Waals surface area (Å²) in [6.45, 7) is 7.13. The first-order valence-electron chi connectivity index (χ1n) is 12.4. The molecule has 1 heterocycles. The van der Waals surface area contributed by atoms with Crippen molar-refractivity contribution in [2.75, 3.05) is 18.4 Å². The number of carbonyl (C=O) groups is 2. The van der Waals surface area contributed by atoms with Crippen LogP contribution in [-0.2, 0) is 11.2 Å². The lowest BCUT2D eigenvalue weighted by molar-refractivity contribution is 0.0166. The van der Waals surface area contributed by atoms with E-state index in [1.807, 2.05) is 98.5 Å². The molecule has 1 atom stereocenters. The average molecular weight is 505 g/mol. The van der Waals surface area contributed by atoms with Crippen LogP contribution >= 0.6 is 11.6 Å². The zero-order valence-electron chi connectivity index (χ0n) is 21.1. The maximum absolute atomic E-state index is 12.7. The second-order valence-electron chi connectivity index (χ2n) is 10.4. The third kappa shape index (κ3) is 7.11. The molecule has 4 rings (SSSR count). The number of benzene rings is 3. The number of hydrogen-bond donors (Lipinski definition) is 1. The quantitative estimate of drug-likeness (QED) is 0.392. The zero-order valence-corrected chi connectivity index (χ0v) is 21.8. The number of carbonyl (C=O) groups excluding carboxylic acids is 2. The fourth-order valence-electron chi connectivity index (χ4n) is 4.44. The molecule has 1 saturated heterocycles. The summed E-state index contributed by atoms with van der Waals surface area (Å²) in [5, 5.41) is 3.67. The van der Waals surface area contributed by atoms with Crippen molar-refractivity contribution >= 4 is 29.3 Å². The minimum Gasteiger partial charge on any atom is -0.444 e. The molecule has 5 nitrogen and oxygen atoms in total. The number of rotatable bonds is 5. The highest BCUT2D eigenvalue weighted by atomic mass is 35.5. The Morgan fingerprint density at radius 1 is 0.944 bits per heavy atom. The van der Waals surface area contributed by atoms with E-state index in [-0.39, 0.29) is 12.0 Å². The van der Waals surface area contributed by atoms with Gasteiger partial charge in [0.1, 0.15) is 5.60 Å². The minimum atomic E-state index is -0.483. The van der Waals surface area contributed by atoms with Gasteiger partial charge in [-0.05, 0) is 99.0 Å². The summed E-state index contributed by atoms with van der Waals surface area (Å²) < 4.78 is 5.54. The van der Waals surface area contributed by atoms with Crippen LogP contribution in [0, 0.1) is 5.92 Å². The summed E-state index contributed by atoms with van der Waals surface area (Å²) in [4.78, 5) is 27.0. The lowest BCUT2D eigenvalue weighted by Gasteiger charge is -2.34. The van der Waals surface area contributed by atoms with Gasteiger partial charge in [-0.2, -0.15) is 0 Å². The molecule has 3 aromatic rings. The second kappa shape index (κ2) is 11.2. The van der Waals surface area contributed by atoms with E-state index in [0.717, 1.165) is 42.6 Å².